The van der Waals surface area contributed by atoms with Gasteiger partial charge in [-0.05, 0) is 59.7 Å². The minimum atomic E-state index is -0.368. The number of rotatable bonds is 4. The summed E-state index contributed by atoms with van der Waals surface area (Å²) in [5.74, 6) is 0.140. The Morgan fingerprint density at radius 1 is 1.00 bits per heavy atom. The van der Waals surface area contributed by atoms with Gasteiger partial charge in [0, 0.05) is 21.3 Å². The van der Waals surface area contributed by atoms with E-state index in [9.17, 15) is 9.18 Å². The summed E-state index contributed by atoms with van der Waals surface area (Å²) >= 11 is 3.41. The molecule has 1 aliphatic rings. The van der Waals surface area contributed by atoms with Gasteiger partial charge < -0.3 is 10.1 Å². The first-order chi connectivity index (χ1) is 13.1. The van der Waals surface area contributed by atoms with Crippen LogP contribution in [0.3, 0.4) is 0 Å². The minimum absolute atomic E-state index is 0.230. The molecule has 0 aromatic heterocycles. The monoisotopic (exact) mass is 423 g/mol. The number of nitrogens with one attached hydrogen (secondary N) is 1. The molecule has 1 aliphatic heterocycles. The van der Waals surface area contributed by atoms with Gasteiger partial charge in [0.15, 0.2) is 0 Å². The quantitative estimate of drug-likeness (QED) is 0.549. The van der Waals surface area contributed by atoms with E-state index in [-0.39, 0.29) is 11.7 Å². The van der Waals surface area contributed by atoms with Crippen LogP contribution < -0.4 is 10.1 Å². The van der Waals surface area contributed by atoms with E-state index < -0.39 is 0 Å². The topological polar surface area (TPSA) is 38.3 Å². The highest BCUT2D eigenvalue weighted by molar-refractivity contribution is 9.10. The lowest BCUT2D eigenvalue weighted by Crippen LogP contribution is -2.03. The first-order valence-corrected chi connectivity index (χ1v) is 9.18. The highest BCUT2D eigenvalue weighted by atomic mass is 79.9. The van der Waals surface area contributed by atoms with Crippen LogP contribution in [-0.4, -0.2) is 5.91 Å². The van der Waals surface area contributed by atoms with Crippen molar-refractivity contribution in [1.82, 2.24) is 0 Å². The molecule has 0 spiro atoms. The number of carbonyl (C=O) groups excluding carboxylic acids is 1. The fourth-order valence-corrected chi connectivity index (χ4v) is 3.14. The summed E-state index contributed by atoms with van der Waals surface area (Å²) in [6, 6.07) is 19.7. The van der Waals surface area contributed by atoms with Gasteiger partial charge in [0.05, 0.1) is 0 Å². The Hall–Kier alpha value is -2.92. The number of hydrogen-bond donors (Lipinski definition) is 1. The molecule has 3 nitrogen and oxygen atoms in total. The van der Waals surface area contributed by atoms with Crippen LogP contribution in [0.25, 0.3) is 11.6 Å². The summed E-state index contributed by atoms with van der Waals surface area (Å²) in [5.41, 5.74) is 3.57. The Bertz CT molecular complexity index is 1030. The van der Waals surface area contributed by atoms with Crippen molar-refractivity contribution in [2.45, 2.75) is 6.61 Å². The third-order valence-corrected chi connectivity index (χ3v) is 4.80. The lowest BCUT2D eigenvalue weighted by Gasteiger charge is -2.07. The first kappa shape index (κ1) is 17.5. The molecule has 3 aromatic carbocycles. The lowest BCUT2D eigenvalue weighted by atomic mass is 10.0. The zero-order chi connectivity index (χ0) is 18.8. The number of amides is 1. The summed E-state index contributed by atoms with van der Waals surface area (Å²) in [6.45, 7) is 0.475. The fourth-order valence-electron chi connectivity index (χ4n) is 2.88. The van der Waals surface area contributed by atoms with E-state index in [1.807, 2.05) is 48.5 Å². The molecule has 4 rings (SSSR count). The lowest BCUT2D eigenvalue weighted by molar-refractivity contribution is -0.110. The smallest absolute Gasteiger partial charge is 0.256 e. The summed E-state index contributed by atoms with van der Waals surface area (Å²) in [6.07, 6.45) is 1.75. The number of carbonyl (C=O) groups is 1. The van der Waals surface area contributed by atoms with Crippen LogP contribution in [-0.2, 0) is 11.4 Å². The number of benzene rings is 3. The molecule has 134 valence electrons. The van der Waals surface area contributed by atoms with E-state index >= 15 is 0 Å². The van der Waals surface area contributed by atoms with Crippen molar-refractivity contribution in [3.05, 3.63) is 93.7 Å². The maximum absolute atomic E-state index is 13.5. The molecule has 27 heavy (non-hydrogen) atoms. The standard InChI is InChI=1S/C22H15BrFNO2/c23-16-5-1-15(2-6-16)13-27-18-8-3-14(4-9-18)11-20-19-12-17(24)7-10-21(19)25-22(20)26/h1-12H,13H2,(H,25,26)/b20-11-. The summed E-state index contributed by atoms with van der Waals surface area (Å²) in [4.78, 5) is 12.2. The second kappa shape index (κ2) is 7.37. The molecule has 1 heterocycles. The Morgan fingerprint density at radius 2 is 1.74 bits per heavy atom. The van der Waals surface area contributed by atoms with Gasteiger partial charge in [-0.1, -0.05) is 40.2 Å². The van der Waals surface area contributed by atoms with E-state index in [0.717, 1.165) is 21.3 Å². The van der Waals surface area contributed by atoms with Gasteiger partial charge in [-0.3, -0.25) is 4.79 Å². The van der Waals surface area contributed by atoms with Crippen molar-refractivity contribution in [1.29, 1.82) is 0 Å². The van der Waals surface area contributed by atoms with Crippen molar-refractivity contribution in [2.75, 3.05) is 5.32 Å². The molecule has 0 fully saturated rings. The highest BCUT2D eigenvalue weighted by Gasteiger charge is 2.24. The highest BCUT2D eigenvalue weighted by Crippen LogP contribution is 2.33. The van der Waals surface area contributed by atoms with Gasteiger partial charge >= 0.3 is 0 Å². The first-order valence-electron chi connectivity index (χ1n) is 8.39. The van der Waals surface area contributed by atoms with Gasteiger partial charge in [-0.15, -0.1) is 0 Å². The Balaban J connectivity index is 1.50. The zero-order valence-corrected chi connectivity index (χ0v) is 15.8. The zero-order valence-electron chi connectivity index (χ0n) is 14.2. The van der Waals surface area contributed by atoms with Crippen LogP contribution in [0.1, 0.15) is 16.7 Å². The molecule has 5 heteroatoms. The maximum Gasteiger partial charge on any atom is 0.256 e. The average molecular weight is 424 g/mol. The number of anilines is 1. The normalized spacial score (nSPS) is 14.1. The average Bonchev–Trinajstić information content (AvgIpc) is 2.97. The summed E-state index contributed by atoms with van der Waals surface area (Å²) in [7, 11) is 0. The minimum Gasteiger partial charge on any atom is -0.489 e. The van der Waals surface area contributed by atoms with Gasteiger partial charge in [0.25, 0.3) is 5.91 Å². The molecular formula is C22H15BrFNO2. The van der Waals surface area contributed by atoms with Gasteiger partial charge in [-0.25, -0.2) is 4.39 Å². The van der Waals surface area contributed by atoms with Crippen molar-refractivity contribution in [3.63, 3.8) is 0 Å². The van der Waals surface area contributed by atoms with Crippen molar-refractivity contribution < 1.29 is 13.9 Å². The molecule has 1 amide bonds. The van der Waals surface area contributed by atoms with Crippen LogP contribution in [0.15, 0.2) is 71.2 Å². The molecule has 3 aromatic rings. The number of ether oxygens (including phenoxy) is 1. The van der Waals surface area contributed by atoms with Crippen molar-refractivity contribution in [2.24, 2.45) is 0 Å². The van der Waals surface area contributed by atoms with Crippen LogP contribution in [0.2, 0.25) is 0 Å². The Morgan fingerprint density at radius 3 is 2.48 bits per heavy atom. The van der Waals surface area contributed by atoms with Crippen molar-refractivity contribution in [3.8, 4) is 5.75 Å². The van der Waals surface area contributed by atoms with E-state index in [0.29, 0.717) is 23.4 Å². The largest absolute Gasteiger partial charge is 0.489 e. The van der Waals surface area contributed by atoms with Gasteiger partial charge in [0.1, 0.15) is 18.2 Å². The second-order valence-electron chi connectivity index (χ2n) is 6.19. The molecule has 1 N–H and O–H groups in total. The van der Waals surface area contributed by atoms with Gasteiger partial charge in [-0.2, -0.15) is 0 Å². The number of hydrogen-bond acceptors (Lipinski definition) is 2. The molecule has 0 radical (unpaired) electrons. The second-order valence-corrected chi connectivity index (χ2v) is 7.10. The number of fused-ring (bicyclic) bond motifs is 1. The molecular weight excluding hydrogens is 409 g/mol. The van der Waals surface area contributed by atoms with Crippen LogP contribution in [0.4, 0.5) is 10.1 Å². The maximum atomic E-state index is 13.5. The van der Waals surface area contributed by atoms with E-state index in [1.54, 1.807) is 12.1 Å². The predicted octanol–water partition coefficient (Wildman–Crippen LogP) is 5.66. The fraction of sp³-hybridized carbons (Fsp3) is 0.0455. The van der Waals surface area contributed by atoms with Crippen LogP contribution in [0.5, 0.6) is 5.75 Å². The molecule has 0 unspecified atom stereocenters. The predicted molar refractivity (Wildman–Crippen MR) is 108 cm³/mol. The van der Waals surface area contributed by atoms with E-state index in [1.165, 1.54) is 12.1 Å². The third kappa shape index (κ3) is 3.93. The van der Waals surface area contributed by atoms with Crippen LogP contribution in [0, 0.1) is 5.82 Å². The SMILES string of the molecule is O=C1Nc2ccc(F)cc2/C1=C/c1ccc(OCc2ccc(Br)cc2)cc1. The van der Waals surface area contributed by atoms with Crippen LogP contribution >= 0.6 is 15.9 Å². The Labute approximate surface area is 164 Å². The molecule has 0 atom stereocenters. The molecule has 0 saturated heterocycles. The van der Waals surface area contributed by atoms with Gasteiger partial charge in [0.2, 0.25) is 0 Å². The molecule has 0 saturated carbocycles. The van der Waals surface area contributed by atoms with Crippen molar-refractivity contribution >= 4 is 39.2 Å². The molecule has 0 bridgehead atoms. The Kier molecular flexibility index (Phi) is 4.77. The summed E-state index contributed by atoms with van der Waals surface area (Å²) in [5, 5.41) is 2.75. The summed E-state index contributed by atoms with van der Waals surface area (Å²) < 4.78 is 20.3. The van der Waals surface area contributed by atoms with E-state index in [2.05, 4.69) is 21.2 Å². The molecule has 0 aliphatic carbocycles. The third-order valence-electron chi connectivity index (χ3n) is 4.27. The number of halogens is 2. The van der Waals surface area contributed by atoms with E-state index in [4.69, 9.17) is 4.74 Å².